The molecular weight excluding hydrogens is 434 g/mol. The number of para-hydroxylation sites is 1. The van der Waals surface area contributed by atoms with Crippen molar-refractivity contribution in [3.63, 3.8) is 0 Å². The highest BCUT2D eigenvalue weighted by molar-refractivity contribution is 8.00. The van der Waals surface area contributed by atoms with Crippen molar-refractivity contribution >= 4 is 35.0 Å². The summed E-state index contributed by atoms with van der Waals surface area (Å²) in [6.45, 7) is 3.23. The highest BCUT2D eigenvalue weighted by Gasteiger charge is 2.21. The Labute approximate surface area is 187 Å². The highest BCUT2D eigenvalue weighted by Crippen LogP contribution is 2.28. The molecule has 3 rings (SSSR count). The Kier molecular flexibility index (Phi) is 7.18. The smallest absolute Gasteiger partial charge is 0.257 e. The van der Waals surface area contributed by atoms with Crippen LogP contribution in [0.1, 0.15) is 28.5 Å². The zero-order chi connectivity index (χ0) is 23.3. The average molecular weight is 452 g/mol. The maximum atomic E-state index is 13.4. The first-order valence-electron chi connectivity index (χ1n) is 9.49. The van der Waals surface area contributed by atoms with Crippen molar-refractivity contribution < 1.29 is 18.4 Å². The lowest BCUT2D eigenvalue weighted by Gasteiger charge is -2.14. The summed E-state index contributed by atoms with van der Waals surface area (Å²) in [5, 5.41) is 14.4. The number of pyridine rings is 1. The fourth-order valence-corrected chi connectivity index (χ4v) is 3.66. The Morgan fingerprint density at radius 1 is 1.03 bits per heavy atom. The van der Waals surface area contributed by atoms with Crippen LogP contribution in [-0.4, -0.2) is 22.0 Å². The number of thioether (sulfide) groups is 1. The fourth-order valence-electron chi connectivity index (χ4n) is 2.74. The summed E-state index contributed by atoms with van der Waals surface area (Å²) in [5.74, 6) is -2.97. The van der Waals surface area contributed by atoms with Crippen molar-refractivity contribution in [2.75, 3.05) is 10.6 Å². The van der Waals surface area contributed by atoms with E-state index in [1.165, 1.54) is 12.1 Å². The van der Waals surface area contributed by atoms with Crippen LogP contribution >= 0.6 is 11.8 Å². The minimum Gasteiger partial charge on any atom is -0.325 e. The third kappa shape index (κ3) is 5.47. The predicted octanol–water partition coefficient (Wildman–Crippen LogP) is 4.91. The quantitative estimate of drug-likeness (QED) is 0.518. The number of nitriles is 1. The van der Waals surface area contributed by atoms with Gasteiger partial charge in [-0.15, -0.1) is 0 Å². The van der Waals surface area contributed by atoms with E-state index in [-0.39, 0.29) is 21.8 Å². The van der Waals surface area contributed by atoms with Crippen molar-refractivity contribution in [2.45, 2.75) is 24.1 Å². The number of halogens is 2. The normalized spacial score (nSPS) is 11.3. The number of anilines is 2. The van der Waals surface area contributed by atoms with Crippen molar-refractivity contribution in [1.29, 1.82) is 5.26 Å². The Morgan fingerprint density at radius 3 is 2.41 bits per heavy atom. The summed E-state index contributed by atoms with van der Waals surface area (Å²) in [6.07, 6.45) is 0. The number of nitrogens with one attached hydrogen (secondary N) is 2. The second-order valence-electron chi connectivity index (χ2n) is 6.78. The van der Waals surface area contributed by atoms with Gasteiger partial charge in [0.2, 0.25) is 5.91 Å². The van der Waals surface area contributed by atoms with Crippen molar-refractivity contribution in [2.24, 2.45) is 0 Å². The van der Waals surface area contributed by atoms with Gasteiger partial charge in [-0.05, 0) is 44.2 Å². The highest BCUT2D eigenvalue weighted by atomic mass is 32.2. The summed E-state index contributed by atoms with van der Waals surface area (Å²) in [4.78, 5) is 29.4. The molecule has 32 heavy (non-hydrogen) atoms. The molecule has 2 N–H and O–H groups in total. The SMILES string of the molecule is Cc1nc(SC(C)C(=O)Nc2ccc(F)c(F)c2)c(C#N)cc1C(=O)Nc1ccccc1. The van der Waals surface area contributed by atoms with E-state index in [0.717, 1.165) is 23.9 Å². The number of nitrogens with zero attached hydrogens (tertiary/aromatic N) is 2. The third-order valence-corrected chi connectivity index (χ3v) is 5.52. The molecule has 0 spiro atoms. The molecule has 2 amide bonds. The van der Waals surface area contributed by atoms with Crippen LogP contribution in [0.25, 0.3) is 0 Å². The molecule has 1 aromatic heterocycles. The first-order valence-corrected chi connectivity index (χ1v) is 10.4. The van der Waals surface area contributed by atoms with Gasteiger partial charge in [-0.25, -0.2) is 13.8 Å². The molecule has 1 atom stereocenters. The van der Waals surface area contributed by atoms with Crippen LogP contribution in [0.3, 0.4) is 0 Å². The Hall–Kier alpha value is -3.77. The van der Waals surface area contributed by atoms with E-state index >= 15 is 0 Å². The molecule has 162 valence electrons. The lowest BCUT2D eigenvalue weighted by Crippen LogP contribution is -2.23. The van der Waals surface area contributed by atoms with E-state index in [1.54, 1.807) is 38.1 Å². The van der Waals surface area contributed by atoms with Crippen molar-refractivity contribution in [3.05, 3.63) is 83.1 Å². The van der Waals surface area contributed by atoms with Gasteiger partial charge < -0.3 is 10.6 Å². The summed E-state index contributed by atoms with van der Waals surface area (Å²) >= 11 is 1.02. The molecule has 0 saturated heterocycles. The second kappa shape index (κ2) is 10.0. The lowest BCUT2D eigenvalue weighted by atomic mass is 10.1. The van der Waals surface area contributed by atoms with E-state index in [1.807, 2.05) is 12.1 Å². The van der Waals surface area contributed by atoms with Crippen LogP contribution in [-0.2, 0) is 4.79 Å². The van der Waals surface area contributed by atoms with Crippen LogP contribution in [0.5, 0.6) is 0 Å². The van der Waals surface area contributed by atoms with Gasteiger partial charge in [0, 0.05) is 17.4 Å². The number of aryl methyl sites for hydroxylation is 1. The van der Waals surface area contributed by atoms with E-state index in [2.05, 4.69) is 15.6 Å². The van der Waals surface area contributed by atoms with Gasteiger partial charge in [-0.3, -0.25) is 9.59 Å². The van der Waals surface area contributed by atoms with E-state index in [4.69, 9.17) is 0 Å². The van der Waals surface area contributed by atoms with Gasteiger partial charge in [0.25, 0.3) is 5.91 Å². The predicted molar refractivity (Wildman–Crippen MR) is 118 cm³/mol. The lowest BCUT2D eigenvalue weighted by molar-refractivity contribution is -0.115. The van der Waals surface area contributed by atoms with Crippen LogP contribution in [0, 0.1) is 29.9 Å². The molecule has 0 saturated carbocycles. The standard InChI is InChI=1S/C23H18F2N4O2S/c1-13-18(22(31)28-16-6-4-3-5-7-16)10-15(12-26)23(27-13)32-14(2)21(30)29-17-8-9-19(24)20(25)11-17/h3-11,14H,1-2H3,(H,28,31)(H,29,30). The molecule has 0 bridgehead atoms. The Bertz CT molecular complexity index is 1210. The monoisotopic (exact) mass is 452 g/mol. The number of aromatic nitrogens is 1. The molecule has 1 heterocycles. The zero-order valence-corrected chi connectivity index (χ0v) is 18.0. The maximum Gasteiger partial charge on any atom is 0.257 e. The molecule has 0 fully saturated rings. The molecule has 0 aliphatic carbocycles. The average Bonchev–Trinajstić information content (AvgIpc) is 2.77. The molecule has 9 heteroatoms. The van der Waals surface area contributed by atoms with Gasteiger partial charge in [0.05, 0.1) is 22.1 Å². The third-order valence-electron chi connectivity index (χ3n) is 4.42. The summed E-state index contributed by atoms with van der Waals surface area (Å²) < 4.78 is 26.4. The largest absolute Gasteiger partial charge is 0.325 e. The molecule has 0 aliphatic heterocycles. The molecular formula is C23H18F2N4O2S. The number of benzene rings is 2. The van der Waals surface area contributed by atoms with Crippen LogP contribution in [0.4, 0.5) is 20.2 Å². The van der Waals surface area contributed by atoms with Gasteiger partial charge in [-0.2, -0.15) is 5.26 Å². The number of amides is 2. The van der Waals surface area contributed by atoms with E-state index in [0.29, 0.717) is 11.4 Å². The maximum absolute atomic E-state index is 13.4. The minimum atomic E-state index is -1.07. The van der Waals surface area contributed by atoms with Gasteiger partial charge >= 0.3 is 0 Å². The van der Waals surface area contributed by atoms with E-state index < -0.39 is 28.7 Å². The summed E-state index contributed by atoms with van der Waals surface area (Å²) in [7, 11) is 0. The summed E-state index contributed by atoms with van der Waals surface area (Å²) in [5.41, 5.74) is 1.50. The minimum absolute atomic E-state index is 0.110. The topological polar surface area (TPSA) is 94.9 Å². The molecule has 0 radical (unpaired) electrons. The number of carbonyl (C=O) groups excluding carboxylic acids is 2. The van der Waals surface area contributed by atoms with Gasteiger partial charge in [0.15, 0.2) is 11.6 Å². The first kappa shape index (κ1) is 22.9. The van der Waals surface area contributed by atoms with Crippen molar-refractivity contribution in [1.82, 2.24) is 4.98 Å². The van der Waals surface area contributed by atoms with Gasteiger partial charge in [0.1, 0.15) is 11.1 Å². The fraction of sp³-hybridized carbons (Fsp3) is 0.130. The molecule has 3 aromatic rings. The first-order chi connectivity index (χ1) is 15.3. The molecule has 2 aromatic carbocycles. The van der Waals surface area contributed by atoms with Crippen molar-refractivity contribution in [3.8, 4) is 6.07 Å². The number of hydrogen-bond donors (Lipinski definition) is 2. The van der Waals surface area contributed by atoms with Crippen LogP contribution in [0.15, 0.2) is 59.6 Å². The Balaban J connectivity index is 1.75. The van der Waals surface area contributed by atoms with Gasteiger partial charge in [-0.1, -0.05) is 30.0 Å². The Morgan fingerprint density at radius 2 is 1.75 bits per heavy atom. The van der Waals surface area contributed by atoms with Crippen LogP contribution < -0.4 is 10.6 Å². The summed E-state index contributed by atoms with van der Waals surface area (Å²) in [6, 6.07) is 15.4. The number of carbonyl (C=O) groups is 2. The zero-order valence-electron chi connectivity index (χ0n) is 17.1. The molecule has 6 nitrogen and oxygen atoms in total. The number of hydrogen-bond acceptors (Lipinski definition) is 5. The van der Waals surface area contributed by atoms with E-state index in [9.17, 15) is 23.6 Å². The number of rotatable bonds is 6. The van der Waals surface area contributed by atoms with Crippen LogP contribution in [0.2, 0.25) is 0 Å². The second-order valence-corrected chi connectivity index (χ2v) is 8.11. The molecule has 0 aliphatic rings. The molecule has 1 unspecified atom stereocenters.